The Labute approximate surface area is 127 Å². The number of ketones is 1. The Bertz CT molecular complexity index is 790. The average Bonchev–Trinajstić information content (AvgIpc) is 2.87. The number of furan rings is 1. The van der Waals surface area contributed by atoms with E-state index in [2.05, 4.69) is 5.32 Å². The van der Waals surface area contributed by atoms with Gasteiger partial charge >= 0.3 is 0 Å². The fraction of sp³-hybridized carbons (Fsp3) is 0.118. The Balaban J connectivity index is 2.12. The van der Waals surface area contributed by atoms with Gasteiger partial charge in [0, 0.05) is 22.5 Å². The van der Waals surface area contributed by atoms with Crippen molar-refractivity contribution in [3.8, 4) is 0 Å². The van der Waals surface area contributed by atoms with E-state index in [1.54, 1.807) is 24.3 Å². The molecule has 1 N–H and O–H groups in total. The Morgan fingerprint density at radius 1 is 1.14 bits per heavy atom. The molecule has 1 aromatic heterocycles. The minimum Gasteiger partial charge on any atom is -0.450 e. The molecule has 0 unspecified atom stereocenters. The van der Waals surface area contributed by atoms with E-state index in [9.17, 15) is 4.79 Å². The van der Waals surface area contributed by atoms with E-state index in [0.717, 1.165) is 11.1 Å². The topological polar surface area (TPSA) is 42.2 Å². The summed E-state index contributed by atoms with van der Waals surface area (Å²) in [7, 11) is 0. The second-order valence-electron chi connectivity index (χ2n) is 4.67. The first-order valence-electron chi connectivity index (χ1n) is 6.76. The molecule has 21 heavy (non-hydrogen) atoms. The number of benzene rings is 2. The van der Waals surface area contributed by atoms with Crippen LogP contribution in [0.3, 0.4) is 0 Å². The first-order valence-corrected chi connectivity index (χ1v) is 7.14. The maximum Gasteiger partial charge on any atom is 0.230 e. The third-order valence-corrected chi connectivity index (χ3v) is 3.51. The lowest BCUT2D eigenvalue weighted by Crippen LogP contribution is -2.05. The number of carbonyl (C=O) groups is 1. The second kappa shape index (κ2) is 5.62. The third kappa shape index (κ3) is 2.52. The normalized spacial score (nSPS) is 10.8. The summed E-state index contributed by atoms with van der Waals surface area (Å²) in [6.07, 6.45) is 0. The number of fused-ring (bicyclic) bond motifs is 1. The van der Waals surface area contributed by atoms with Crippen molar-refractivity contribution in [2.45, 2.75) is 6.92 Å². The van der Waals surface area contributed by atoms with Gasteiger partial charge in [-0.25, -0.2) is 0 Å². The van der Waals surface area contributed by atoms with Crippen LogP contribution in [-0.2, 0) is 0 Å². The quantitative estimate of drug-likeness (QED) is 0.707. The lowest BCUT2D eigenvalue weighted by molar-refractivity contribution is 0.101. The highest BCUT2D eigenvalue weighted by Crippen LogP contribution is 2.32. The Morgan fingerprint density at radius 3 is 2.57 bits per heavy atom. The summed E-state index contributed by atoms with van der Waals surface area (Å²) in [6.45, 7) is 2.70. The molecule has 106 valence electrons. The van der Waals surface area contributed by atoms with Crippen molar-refractivity contribution in [2.75, 3.05) is 11.9 Å². The maximum absolute atomic E-state index is 12.6. The molecule has 0 fully saturated rings. The lowest BCUT2D eigenvalue weighted by Gasteiger charge is -2.04. The molecule has 0 amide bonds. The van der Waals surface area contributed by atoms with Crippen LogP contribution in [-0.4, -0.2) is 12.3 Å². The molecule has 4 heteroatoms. The van der Waals surface area contributed by atoms with Gasteiger partial charge < -0.3 is 9.73 Å². The minimum absolute atomic E-state index is 0.154. The summed E-state index contributed by atoms with van der Waals surface area (Å²) in [6, 6.07) is 14.4. The highest BCUT2D eigenvalue weighted by molar-refractivity contribution is 6.30. The van der Waals surface area contributed by atoms with Crippen molar-refractivity contribution in [1.29, 1.82) is 0 Å². The smallest absolute Gasteiger partial charge is 0.230 e. The van der Waals surface area contributed by atoms with Crippen LogP contribution in [0, 0.1) is 0 Å². The number of nitrogens with one attached hydrogen (secondary N) is 1. The zero-order chi connectivity index (χ0) is 14.8. The molecule has 0 bridgehead atoms. The predicted molar refractivity (Wildman–Crippen MR) is 85.3 cm³/mol. The highest BCUT2D eigenvalue weighted by atomic mass is 35.5. The average molecular weight is 300 g/mol. The first-order chi connectivity index (χ1) is 10.2. The van der Waals surface area contributed by atoms with E-state index in [4.69, 9.17) is 16.0 Å². The molecule has 0 aliphatic heterocycles. The summed E-state index contributed by atoms with van der Waals surface area (Å²) in [5, 5.41) is 4.73. The summed E-state index contributed by atoms with van der Waals surface area (Å²) in [5.41, 5.74) is 2.00. The van der Waals surface area contributed by atoms with Crippen LogP contribution >= 0.6 is 11.6 Å². The van der Waals surface area contributed by atoms with Gasteiger partial charge in [0.2, 0.25) is 5.78 Å². The second-order valence-corrected chi connectivity index (χ2v) is 5.11. The molecule has 1 heterocycles. The van der Waals surface area contributed by atoms with E-state index in [0.29, 0.717) is 28.5 Å². The molecule has 3 aromatic rings. The third-order valence-electron chi connectivity index (χ3n) is 3.26. The largest absolute Gasteiger partial charge is 0.450 e. The molecule has 0 atom stereocenters. The molecule has 0 radical (unpaired) electrons. The molecule has 0 aliphatic carbocycles. The molecule has 0 aliphatic rings. The summed E-state index contributed by atoms with van der Waals surface area (Å²) in [4.78, 5) is 12.6. The molecular formula is C17H14ClNO2. The number of halogens is 1. The van der Waals surface area contributed by atoms with Gasteiger partial charge in [0.05, 0.1) is 5.69 Å². The van der Waals surface area contributed by atoms with Gasteiger partial charge in [-0.3, -0.25) is 4.79 Å². The molecule has 3 rings (SSSR count). The maximum atomic E-state index is 12.6. The fourth-order valence-corrected chi connectivity index (χ4v) is 2.42. The number of carbonyl (C=O) groups excluding carboxylic acids is 1. The van der Waals surface area contributed by atoms with Crippen LogP contribution in [0.25, 0.3) is 11.0 Å². The Morgan fingerprint density at radius 2 is 1.86 bits per heavy atom. The number of rotatable bonds is 4. The first kappa shape index (κ1) is 13.7. The van der Waals surface area contributed by atoms with Crippen molar-refractivity contribution in [1.82, 2.24) is 0 Å². The Kier molecular flexibility index (Phi) is 3.67. The number of anilines is 1. The van der Waals surface area contributed by atoms with Gasteiger partial charge in [-0.05, 0) is 43.3 Å². The van der Waals surface area contributed by atoms with E-state index >= 15 is 0 Å². The van der Waals surface area contributed by atoms with E-state index in [1.165, 1.54) is 0 Å². The SMILES string of the molecule is CCNc1c(C(=O)c2ccc(Cl)cc2)oc2ccccc12. The van der Waals surface area contributed by atoms with Crippen molar-refractivity contribution < 1.29 is 9.21 Å². The molecule has 0 saturated carbocycles. The molecule has 3 nitrogen and oxygen atoms in total. The van der Waals surface area contributed by atoms with Crippen molar-refractivity contribution in [3.63, 3.8) is 0 Å². The van der Waals surface area contributed by atoms with Crippen LogP contribution in [0.1, 0.15) is 23.0 Å². The summed E-state index contributed by atoms with van der Waals surface area (Å²) in [5.74, 6) is 0.180. The Hall–Kier alpha value is -2.26. The predicted octanol–water partition coefficient (Wildman–Crippen LogP) is 4.75. The van der Waals surface area contributed by atoms with Crippen molar-refractivity contribution in [3.05, 3.63) is 64.9 Å². The van der Waals surface area contributed by atoms with Crippen LogP contribution in [0.5, 0.6) is 0 Å². The number of hydrogen-bond donors (Lipinski definition) is 1. The standard InChI is InChI=1S/C17H14ClNO2/c1-2-19-15-13-5-3-4-6-14(13)21-17(15)16(20)11-7-9-12(18)10-8-11/h3-10,19H,2H2,1H3. The van der Waals surface area contributed by atoms with Gasteiger partial charge in [-0.2, -0.15) is 0 Å². The minimum atomic E-state index is -0.154. The molecule has 0 spiro atoms. The van der Waals surface area contributed by atoms with Crippen LogP contribution in [0.2, 0.25) is 5.02 Å². The van der Waals surface area contributed by atoms with Gasteiger partial charge in [0.25, 0.3) is 0 Å². The van der Waals surface area contributed by atoms with Crippen molar-refractivity contribution >= 4 is 34.0 Å². The monoisotopic (exact) mass is 299 g/mol. The van der Waals surface area contributed by atoms with E-state index < -0.39 is 0 Å². The summed E-state index contributed by atoms with van der Waals surface area (Å²) < 4.78 is 5.75. The lowest BCUT2D eigenvalue weighted by atomic mass is 10.1. The molecular weight excluding hydrogens is 286 g/mol. The highest BCUT2D eigenvalue weighted by Gasteiger charge is 2.21. The zero-order valence-electron chi connectivity index (χ0n) is 11.5. The number of para-hydroxylation sites is 1. The summed E-state index contributed by atoms with van der Waals surface area (Å²) >= 11 is 5.86. The van der Waals surface area contributed by atoms with Gasteiger partial charge in [0.15, 0.2) is 5.76 Å². The van der Waals surface area contributed by atoms with Gasteiger partial charge in [-0.1, -0.05) is 23.7 Å². The zero-order valence-corrected chi connectivity index (χ0v) is 12.3. The van der Waals surface area contributed by atoms with Crippen LogP contribution < -0.4 is 5.32 Å². The molecule has 2 aromatic carbocycles. The van der Waals surface area contributed by atoms with Crippen molar-refractivity contribution in [2.24, 2.45) is 0 Å². The number of hydrogen-bond acceptors (Lipinski definition) is 3. The van der Waals surface area contributed by atoms with E-state index in [-0.39, 0.29) is 5.78 Å². The van der Waals surface area contributed by atoms with E-state index in [1.807, 2.05) is 31.2 Å². The molecule has 0 saturated heterocycles. The van der Waals surface area contributed by atoms with Gasteiger partial charge in [-0.15, -0.1) is 0 Å². The van der Waals surface area contributed by atoms with Gasteiger partial charge in [0.1, 0.15) is 5.58 Å². The van der Waals surface area contributed by atoms with Crippen LogP contribution in [0.15, 0.2) is 52.9 Å². The van der Waals surface area contributed by atoms with Crippen LogP contribution in [0.4, 0.5) is 5.69 Å². The fourth-order valence-electron chi connectivity index (χ4n) is 2.29.